The van der Waals surface area contributed by atoms with E-state index in [2.05, 4.69) is 18.7 Å². The molecule has 1 atom stereocenters. The standard InChI is InChI=1S/C22H17ClN2/c1-2-6-18-13-22(14-24,15-25)21(17-9-11-19(23)12-10-17)20(18)16-7-4-3-5-8-16/h2-5,7-12,21H,1,6,13H2. The molecule has 122 valence electrons. The first-order valence-electron chi connectivity index (χ1n) is 8.11. The highest BCUT2D eigenvalue weighted by atomic mass is 35.5. The lowest BCUT2D eigenvalue weighted by molar-refractivity contribution is 0.501. The van der Waals surface area contributed by atoms with Crippen LogP contribution in [0.15, 0.2) is 72.8 Å². The zero-order valence-corrected chi connectivity index (χ0v) is 14.5. The van der Waals surface area contributed by atoms with Crippen LogP contribution in [-0.2, 0) is 0 Å². The van der Waals surface area contributed by atoms with E-state index in [0.29, 0.717) is 17.9 Å². The minimum absolute atomic E-state index is 0.308. The molecule has 2 aromatic carbocycles. The Morgan fingerprint density at radius 3 is 2.28 bits per heavy atom. The Balaban J connectivity index is 2.26. The average Bonchev–Trinajstić information content (AvgIpc) is 2.98. The molecule has 0 aliphatic heterocycles. The van der Waals surface area contributed by atoms with E-state index in [1.165, 1.54) is 0 Å². The molecule has 1 unspecified atom stereocenters. The number of benzene rings is 2. The summed E-state index contributed by atoms with van der Waals surface area (Å²) in [6, 6.07) is 22.0. The van der Waals surface area contributed by atoms with Gasteiger partial charge in [-0.1, -0.05) is 65.7 Å². The predicted molar refractivity (Wildman–Crippen MR) is 101 cm³/mol. The van der Waals surface area contributed by atoms with E-state index in [1.807, 2.05) is 60.7 Å². The molecule has 2 aromatic rings. The van der Waals surface area contributed by atoms with Crippen molar-refractivity contribution in [3.8, 4) is 12.1 Å². The molecule has 25 heavy (non-hydrogen) atoms. The van der Waals surface area contributed by atoms with Crippen molar-refractivity contribution in [2.75, 3.05) is 0 Å². The summed E-state index contributed by atoms with van der Waals surface area (Å²) in [6.07, 6.45) is 2.94. The first-order chi connectivity index (χ1) is 12.1. The minimum Gasteiger partial charge on any atom is -0.197 e. The van der Waals surface area contributed by atoms with Crippen LogP contribution in [0.25, 0.3) is 5.57 Å². The number of rotatable bonds is 4. The fourth-order valence-corrected chi connectivity index (χ4v) is 3.79. The fraction of sp³-hybridized carbons (Fsp3) is 0.182. The van der Waals surface area contributed by atoms with Gasteiger partial charge in [-0.05, 0) is 35.3 Å². The van der Waals surface area contributed by atoms with E-state index in [1.54, 1.807) is 0 Å². The van der Waals surface area contributed by atoms with Crippen LogP contribution in [0.1, 0.15) is 29.9 Å². The molecule has 2 nitrogen and oxygen atoms in total. The molecule has 3 heteroatoms. The molecule has 0 fully saturated rings. The summed E-state index contributed by atoms with van der Waals surface area (Å²) in [5, 5.41) is 20.4. The summed E-state index contributed by atoms with van der Waals surface area (Å²) < 4.78 is 0. The van der Waals surface area contributed by atoms with Gasteiger partial charge in [0.15, 0.2) is 5.41 Å². The van der Waals surface area contributed by atoms with E-state index in [-0.39, 0.29) is 5.92 Å². The highest BCUT2D eigenvalue weighted by molar-refractivity contribution is 6.30. The molecular weight excluding hydrogens is 328 g/mol. The first-order valence-corrected chi connectivity index (χ1v) is 8.49. The van der Waals surface area contributed by atoms with Gasteiger partial charge in [0, 0.05) is 17.4 Å². The smallest absolute Gasteiger partial charge is 0.158 e. The van der Waals surface area contributed by atoms with Gasteiger partial charge in [0.1, 0.15) is 0 Å². The minimum atomic E-state index is -1.11. The lowest BCUT2D eigenvalue weighted by Gasteiger charge is -2.25. The van der Waals surface area contributed by atoms with E-state index >= 15 is 0 Å². The van der Waals surface area contributed by atoms with Crippen LogP contribution in [0.5, 0.6) is 0 Å². The highest BCUT2D eigenvalue weighted by Crippen LogP contribution is 2.56. The van der Waals surface area contributed by atoms with Gasteiger partial charge in [-0.25, -0.2) is 0 Å². The van der Waals surface area contributed by atoms with Crippen LogP contribution >= 0.6 is 11.6 Å². The zero-order valence-electron chi connectivity index (χ0n) is 13.7. The third-order valence-electron chi connectivity index (χ3n) is 4.73. The van der Waals surface area contributed by atoms with Crippen LogP contribution in [-0.4, -0.2) is 0 Å². The van der Waals surface area contributed by atoms with Crippen molar-refractivity contribution in [2.24, 2.45) is 5.41 Å². The van der Waals surface area contributed by atoms with Crippen molar-refractivity contribution in [3.05, 3.63) is 89.0 Å². The lowest BCUT2D eigenvalue weighted by atomic mass is 9.72. The van der Waals surface area contributed by atoms with Crippen LogP contribution in [0, 0.1) is 28.1 Å². The number of allylic oxidation sites excluding steroid dienone is 3. The second kappa shape index (κ2) is 6.98. The van der Waals surface area contributed by atoms with Crippen LogP contribution in [0.3, 0.4) is 0 Å². The molecule has 0 N–H and O–H groups in total. The van der Waals surface area contributed by atoms with Crippen molar-refractivity contribution in [1.82, 2.24) is 0 Å². The number of hydrogen-bond acceptors (Lipinski definition) is 2. The van der Waals surface area contributed by atoms with Crippen molar-refractivity contribution >= 4 is 17.2 Å². The van der Waals surface area contributed by atoms with E-state index in [0.717, 1.165) is 22.3 Å². The molecule has 0 spiro atoms. The zero-order chi connectivity index (χ0) is 17.9. The molecule has 0 saturated heterocycles. The van der Waals surface area contributed by atoms with Gasteiger partial charge < -0.3 is 0 Å². The molecule has 1 aliphatic carbocycles. The Kier molecular flexibility index (Phi) is 4.75. The quantitative estimate of drug-likeness (QED) is 0.649. The van der Waals surface area contributed by atoms with E-state index in [4.69, 9.17) is 11.6 Å². The Labute approximate surface area is 153 Å². The van der Waals surface area contributed by atoms with Gasteiger partial charge in [0.05, 0.1) is 12.1 Å². The predicted octanol–water partition coefficient (Wildman–Crippen LogP) is 5.89. The summed E-state index contributed by atoms with van der Waals surface area (Å²) in [4.78, 5) is 0. The SMILES string of the molecule is C=CCC1=C(c2ccccc2)C(c2ccc(Cl)cc2)C(C#N)(C#N)C1. The maximum atomic E-state index is 9.90. The summed E-state index contributed by atoms with van der Waals surface area (Å²) in [5.41, 5.74) is 3.03. The van der Waals surface area contributed by atoms with Crippen molar-refractivity contribution in [1.29, 1.82) is 10.5 Å². The third-order valence-corrected chi connectivity index (χ3v) is 4.98. The number of hydrogen-bond donors (Lipinski definition) is 0. The summed E-state index contributed by atoms with van der Waals surface area (Å²) >= 11 is 6.03. The largest absolute Gasteiger partial charge is 0.197 e. The monoisotopic (exact) mass is 344 g/mol. The Bertz CT molecular complexity index is 882. The normalized spacial score (nSPS) is 18.4. The molecule has 1 aliphatic rings. The van der Waals surface area contributed by atoms with Crippen molar-refractivity contribution < 1.29 is 0 Å². The van der Waals surface area contributed by atoms with Crippen molar-refractivity contribution in [3.63, 3.8) is 0 Å². The molecule has 0 saturated carbocycles. The van der Waals surface area contributed by atoms with Crippen LogP contribution in [0.2, 0.25) is 5.02 Å². The van der Waals surface area contributed by atoms with Crippen LogP contribution < -0.4 is 0 Å². The van der Waals surface area contributed by atoms with E-state index in [9.17, 15) is 10.5 Å². The summed E-state index contributed by atoms with van der Waals surface area (Å²) in [6.45, 7) is 3.84. The van der Waals surface area contributed by atoms with Gasteiger partial charge >= 0.3 is 0 Å². The second-order valence-electron chi connectivity index (χ2n) is 6.23. The highest BCUT2D eigenvalue weighted by Gasteiger charge is 2.49. The van der Waals surface area contributed by atoms with E-state index < -0.39 is 5.41 Å². The molecule has 3 rings (SSSR count). The lowest BCUT2D eigenvalue weighted by Crippen LogP contribution is -2.22. The first kappa shape index (κ1) is 17.0. The van der Waals surface area contributed by atoms with Crippen molar-refractivity contribution in [2.45, 2.75) is 18.8 Å². The van der Waals surface area contributed by atoms with Gasteiger partial charge in [0.25, 0.3) is 0 Å². The van der Waals surface area contributed by atoms with Crippen LogP contribution in [0.4, 0.5) is 0 Å². The maximum Gasteiger partial charge on any atom is 0.158 e. The third kappa shape index (κ3) is 2.98. The van der Waals surface area contributed by atoms with Gasteiger partial charge in [-0.15, -0.1) is 6.58 Å². The number of nitrogens with zero attached hydrogens (tertiary/aromatic N) is 2. The van der Waals surface area contributed by atoms with Gasteiger partial charge in [-0.2, -0.15) is 10.5 Å². The second-order valence-corrected chi connectivity index (χ2v) is 6.67. The maximum absolute atomic E-state index is 9.90. The Morgan fingerprint density at radius 1 is 1.08 bits per heavy atom. The Morgan fingerprint density at radius 2 is 1.72 bits per heavy atom. The summed E-state index contributed by atoms with van der Waals surface area (Å²) in [5.74, 6) is -0.308. The average molecular weight is 345 g/mol. The topological polar surface area (TPSA) is 47.6 Å². The molecule has 0 heterocycles. The number of nitriles is 2. The molecular formula is C22H17ClN2. The van der Waals surface area contributed by atoms with Gasteiger partial charge in [-0.3, -0.25) is 0 Å². The molecule has 0 aromatic heterocycles. The summed E-state index contributed by atoms with van der Waals surface area (Å²) in [7, 11) is 0. The number of halogens is 1. The molecule has 0 bridgehead atoms. The molecule has 0 radical (unpaired) electrons. The fourth-order valence-electron chi connectivity index (χ4n) is 3.67. The molecule has 0 amide bonds. The van der Waals surface area contributed by atoms with Gasteiger partial charge in [0.2, 0.25) is 0 Å². The Hall–Kier alpha value is -2.81.